The van der Waals surface area contributed by atoms with Crippen molar-refractivity contribution in [1.29, 1.82) is 0 Å². The number of nitrogens with zero attached hydrogens (tertiary/aromatic N) is 3. The first-order valence-corrected chi connectivity index (χ1v) is 9.47. The molecular weight excluding hydrogens is 371 g/mol. The highest BCUT2D eigenvalue weighted by molar-refractivity contribution is 5.81. The lowest BCUT2D eigenvalue weighted by Crippen LogP contribution is -2.54. The highest BCUT2D eigenvalue weighted by Crippen LogP contribution is 2.26. The van der Waals surface area contributed by atoms with Crippen LogP contribution in [0, 0.1) is 11.7 Å². The van der Waals surface area contributed by atoms with Crippen LogP contribution >= 0.6 is 0 Å². The molecule has 6 nitrogen and oxygen atoms in total. The van der Waals surface area contributed by atoms with E-state index in [1.54, 1.807) is 18.5 Å². The summed E-state index contributed by atoms with van der Waals surface area (Å²) in [6.07, 6.45) is 1.55. The number of halogens is 1. The molecule has 1 fully saturated rings. The molecule has 0 bridgehead atoms. The van der Waals surface area contributed by atoms with Crippen molar-refractivity contribution in [2.45, 2.75) is 0 Å². The second-order valence-electron chi connectivity index (χ2n) is 6.82. The maximum atomic E-state index is 12.9. The normalized spacial score (nSPS) is 13.6. The van der Waals surface area contributed by atoms with Gasteiger partial charge in [0, 0.05) is 24.7 Å². The molecule has 29 heavy (non-hydrogen) atoms. The maximum Gasteiger partial charge on any atom is 0.226 e. The van der Waals surface area contributed by atoms with Crippen molar-refractivity contribution in [2.75, 3.05) is 31.1 Å². The Kier molecular flexibility index (Phi) is 5.65. The Morgan fingerprint density at radius 3 is 2.62 bits per heavy atom. The van der Waals surface area contributed by atoms with Crippen LogP contribution in [0.2, 0.25) is 0 Å². The van der Waals surface area contributed by atoms with E-state index in [2.05, 4.69) is 20.2 Å². The van der Waals surface area contributed by atoms with Gasteiger partial charge in [0.1, 0.15) is 30.3 Å². The Morgan fingerprint density at radius 2 is 1.86 bits per heavy atom. The average Bonchev–Trinajstić information content (AvgIpc) is 2.72. The number of anilines is 1. The third-order valence-corrected chi connectivity index (χ3v) is 4.78. The molecule has 1 N–H and O–H groups in total. The van der Waals surface area contributed by atoms with Gasteiger partial charge in [0.15, 0.2) is 0 Å². The molecule has 0 spiro atoms. The van der Waals surface area contributed by atoms with Gasteiger partial charge in [0.25, 0.3) is 0 Å². The molecule has 1 aromatic heterocycles. The van der Waals surface area contributed by atoms with Crippen LogP contribution in [0.1, 0.15) is 0 Å². The van der Waals surface area contributed by atoms with E-state index in [0.717, 1.165) is 17.1 Å². The van der Waals surface area contributed by atoms with Crippen LogP contribution in [0.25, 0.3) is 11.3 Å². The van der Waals surface area contributed by atoms with Gasteiger partial charge in [-0.15, -0.1) is 0 Å². The van der Waals surface area contributed by atoms with Crippen molar-refractivity contribution in [3.05, 3.63) is 72.8 Å². The lowest BCUT2D eigenvalue weighted by molar-refractivity contribution is -0.125. The minimum Gasteiger partial charge on any atom is -0.492 e. The van der Waals surface area contributed by atoms with Crippen LogP contribution in [0.5, 0.6) is 5.75 Å². The number of hydrogen-bond acceptors (Lipinski definition) is 5. The fourth-order valence-electron chi connectivity index (χ4n) is 3.14. The third kappa shape index (κ3) is 4.68. The zero-order chi connectivity index (χ0) is 20.1. The van der Waals surface area contributed by atoms with Gasteiger partial charge in [0.2, 0.25) is 5.91 Å². The van der Waals surface area contributed by atoms with Gasteiger partial charge in [-0.2, -0.15) is 0 Å². The van der Waals surface area contributed by atoms with E-state index in [-0.39, 0.29) is 17.6 Å². The summed E-state index contributed by atoms with van der Waals surface area (Å²) >= 11 is 0. The zero-order valence-corrected chi connectivity index (χ0v) is 15.8. The summed E-state index contributed by atoms with van der Waals surface area (Å²) in [6, 6.07) is 17.7. The molecule has 1 aliphatic heterocycles. The molecule has 7 heteroatoms. The molecule has 4 rings (SSSR count). The Balaban J connectivity index is 1.22. The Morgan fingerprint density at radius 1 is 1.10 bits per heavy atom. The summed E-state index contributed by atoms with van der Waals surface area (Å²) in [5.74, 6) is 1.02. The lowest BCUT2D eigenvalue weighted by atomic mass is 9.99. The number of ether oxygens (including phenoxy) is 1. The van der Waals surface area contributed by atoms with Gasteiger partial charge in [-0.1, -0.05) is 30.3 Å². The molecule has 0 unspecified atom stereocenters. The predicted molar refractivity (Wildman–Crippen MR) is 108 cm³/mol. The second kappa shape index (κ2) is 8.68. The van der Waals surface area contributed by atoms with E-state index < -0.39 is 0 Å². The monoisotopic (exact) mass is 392 g/mol. The first-order valence-electron chi connectivity index (χ1n) is 9.47. The smallest absolute Gasteiger partial charge is 0.226 e. The molecule has 0 radical (unpaired) electrons. The average molecular weight is 392 g/mol. The molecule has 3 aromatic rings. The van der Waals surface area contributed by atoms with Crippen molar-refractivity contribution >= 4 is 11.7 Å². The number of rotatable bonds is 7. The highest BCUT2D eigenvalue weighted by Gasteiger charge is 2.33. The minimum absolute atomic E-state index is 0.00120. The lowest BCUT2D eigenvalue weighted by Gasteiger charge is -2.39. The third-order valence-electron chi connectivity index (χ3n) is 4.78. The van der Waals surface area contributed by atoms with Crippen molar-refractivity contribution in [2.24, 2.45) is 5.92 Å². The Bertz CT molecular complexity index is 960. The number of amides is 1. The van der Waals surface area contributed by atoms with Gasteiger partial charge in [-0.25, -0.2) is 14.4 Å². The van der Waals surface area contributed by atoms with Crippen molar-refractivity contribution in [3.63, 3.8) is 0 Å². The number of carbonyl (C=O) groups is 1. The summed E-state index contributed by atoms with van der Waals surface area (Å²) in [5, 5.41) is 2.88. The first kappa shape index (κ1) is 18.9. The van der Waals surface area contributed by atoms with Crippen molar-refractivity contribution in [1.82, 2.24) is 15.3 Å². The van der Waals surface area contributed by atoms with Crippen molar-refractivity contribution < 1.29 is 13.9 Å². The summed E-state index contributed by atoms with van der Waals surface area (Å²) in [4.78, 5) is 23.0. The predicted octanol–water partition coefficient (Wildman–Crippen LogP) is 2.91. The Labute approximate surface area is 168 Å². The van der Waals surface area contributed by atoms with E-state index >= 15 is 0 Å². The number of carbonyl (C=O) groups excluding carboxylic acids is 1. The van der Waals surface area contributed by atoms with E-state index in [1.807, 2.05) is 36.4 Å². The number of hydrogen-bond donors (Lipinski definition) is 1. The van der Waals surface area contributed by atoms with Gasteiger partial charge in [-0.3, -0.25) is 4.79 Å². The van der Waals surface area contributed by atoms with E-state index in [1.165, 1.54) is 12.1 Å². The number of aromatic nitrogens is 2. The fraction of sp³-hybridized carbons (Fsp3) is 0.227. The number of benzene rings is 2. The van der Waals surface area contributed by atoms with Gasteiger partial charge < -0.3 is 15.0 Å². The summed E-state index contributed by atoms with van der Waals surface area (Å²) < 4.78 is 18.3. The molecule has 1 amide bonds. The van der Waals surface area contributed by atoms with E-state index in [4.69, 9.17) is 4.74 Å². The molecule has 0 atom stereocenters. The number of nitrogens with one attached hydrogen (secondary N) is 1. The molecule has 0 saturated carbocycles. The SMILES string of the molecule is O=C(NCCOc1ccc(F)cc1)C1CN(c2cc(-c3ccccc3)ncn2)C1. The molecule has 148 valence electrons. The van der Waals surface area contributed by atoms with Crippen LogP contribution in [0.3, 0.4) is 0 Å². The first-order chi connectivity index (χ1) is 14.2. The van der Waals surface area contributed by atoms with Crippen LogP contribution in [0.15, 0.2) is 67.0 Å². The van der Waals surface area contributed by atoms with Crippen LogP contribution in [-0.4, -0.2) is 42.1 Å². The molecule has 0 aliphatic carbocycles. The second-order valence-corrected chi connectivity index (χ2v) is 6.82. The highest BCUT2D eigenvalue weighted by atomic mass is 19.1. The topological polar surface area (TPSA) is 67.3 Å². The largest absolute Gasteiger partial charge is 0.492 e. The van der Waals surface area contributed by atoms with Crippen molar-refractivity contribution in [3.8, 4) is 17.0 Å². The fourth-order valence-corrected chi connectivity index (χ4v) is 3.14. The standard InChI is InChI=1S/C22H21FN4O2/c23-18-6-8-19(9-7-18)29-11-10-24-22(28)17-13-27(14-17)21-12-20(25-15-26-21)16-4-2-1-3-5-16/h1-9,12,15,17H,10-11,13-14H2,(H,24,28). The maximum absolute atomic E-state index is 12.9. The van der Waals surface area contributed by atoms with Gasteiger partial charge in [0.05, 0.1) is 18.2 Å². The quantitative estimate of drug-likeness (QED) is 0.627. The van der Waals surface area contributed by atoms with Gasteiger partial charge in [-0.05, 0) is 24.3 Å². The summed E-state index contributed by atoms with van der Waals surface area (Å²) in [5.41, 5.74) is 1.90. The van der Waals surface area contributed by atoms with Gasteiger partial charge >= 0.3 is 0 Å². The minimum atomic E-state index is -0.306. The zero-order valence-electron chi connectivity index (χ0n) is 15.8. The van der Waals surface area contributed by atoms with E-state index in [9.17, 15) is 9.18 Å². The molecule has 2 heterocycles. The molecule has 2 aromatic carbocycles. The Hall–Kier alpha value is -3.48. The molecule has 1 aliphatic rings. The van der Waals surface area contributed by atoms with Crippen LogP contribution in [0.4, 0.5) is 10.2 Å². The molecular formula is C22H21FN4O2. The van der Waals surface area contributed by atoms with E-state index in [0.29, 0.717) is 32.0 Å². The molecule has 1 saturated heterocycles. The van der Waals surface area contributed by atoms with Crippen LogP contribution in [-0.2, 0) is 4.79 Å². The summed E-state index contributed by atoms with van der Waals surface area (Å²) in [6.45, 7) is 1.98. The van der Waals surface area contributed by atoms with Crippen LogP contribution < -0.4 is 15.0 Å². The summed E-state index contributed by atoms with van der Waals surface area (Å²) in [7, 11) is 0.